The van der Waals surface area contributed by atoms with Crippen LogP contribution in [0.5, 0.6) is 0 Å². The number of aromatic amines is 1. The Hall–Kier alpha value is -2.39. The third-order valence-electron chi connectivity index (χ3n) is 5.18. The summed E-state index contributed by atoms with van der Waals surface area (Å²) in [5, 5.41) is 20.1. The monoisotopic (exact) mass is 323 g/mol. The van der Waals surface area contributed by atoms with Gasteiger partial charge < -0.3 is 14.7 Å². The van der Waals surface area contributed by atoms with E-state index in [0.29, 0.717) is 24.2 Å². The summed E-state index contributed by atoms with van der Waals surface area (Å²) in [6.45, 7) is 1.77. The molecule has 0 radical (unpaired) electrons. The highest BCUT2D eigenvalue weighted by Gasteiger charge is 2.30. The van der Waals surface area contributed by atoms with E-state index >= 15 is 0 Å². The molecule has 0 aromatic carbocycles. The molecule has 0 unspecified atom stereocenters. The highest BCUT2D eigenvalue weighted by Crippen LogP contribution is 2.41. The number of nitrogens with one attached hydrogen (secondary N) is 1. The standard InChI is InChI=1S/C18H21N5O/c1-11(24)18-22-15-10-21-17-14(6-8-20-17)16(15)23(18)13-5-4-12(9-13)3-2-7-19/h6,8,10-13,24H,2-5,9H2,1H3,(H,20,21)/t11-,12+,13-/m1/s1. The van der Waals surface area contributed by atoms with Crippen molar-refractivity contribution in [1.82, 2.24) is 19.5 Å². The molecule has 0 bridgehead atoms. The van der Waals surface area contributed by atoms with Crippen LogP contribution in [0.25, 0.3) is 22.1 Å². The SMILES string of the molecule is C[C@@H](O)c1nc2cnc3[nH]ccc3c2n1[C@@H]1CC[C@H](CCC#N)C1. The van der Waals surface area contributed by atoms with Crippen LogP contribution in [0.15, 0.2) is 18.5 Å². The summed E-state index contributed by atoms with van der Waals surface area (Å²) in [5.41, 5.74) is 2.74. The third kappa shape index (κ3) is 2.36. The number of hydrogen-bond donors (Lipinski definition) is 2. The topological polar surface area (TPSA) is 90.5 Å². The van der Waals surface area contributed by atoms with Gasteiger partial charge in [-0.05, 0) is 44.6 Å². The molecule has 1 saturated carbocycles. The minimum absolute atomic E-state index is 0.323. The lowest BCUT2D eigenvalue weighted by Gasteiger charge is -2.18. The largest absolute Gasteiger partial charge is 0.385 e. The summed E-state index contributed by atoms with van der Waals surface area (Å²) >= 11 is 0. The molecule has 0 aliphatic heterocycles. The summed E-state index contributed by atoms with van der Waals surface area (Å²) in [7, 11) is 0. The molecule has 3 aromatic heterocycles. The van der Waals surface area contributed by atoms with Gasteiger partial charge in [-0.1, -0.05) is 0 Å². The second kappa shape index (κ2) is 5.91. The molecular weight excluding hydrogens is 302 g/mol. The smallest absolute Gasteiger partial charge is 0.139 e. The van der Waals surface area contributed by atoms with Gasteiger partial charge in [-0.3, -0.25) is 0 Å². The molecule has 24 heavy (non-hydrogen) atoms. The molecule has 0 saturated heterocycles. The van der Waals surface area contributed by atoms with Crippen molar-refractivity contribution in [1.29, 1.82) is 5.26 Å². The minimum Gasteiger partial charge on any atom is -0.385 e. The van der Waals surface area contributed by atoms with Crippen LogP contribution in [0.2, 0.25) is 0 Å². The van der Waals surface area contributed by atoms with Gasteiger partial charge in [0.05, 0.1) is 17.8 Å². The molecule has 1 aliphatic carbocycles. The molecular formula is C18H21N5O. The van der Waals surface area contributed by atoms with Gasteiger partial charge >= 0.3 is 0 Å². The predicted molar refractivity (Wildman–Crippen MR) is 91.2 cm³/mol. The Morgan fingerprint density at radius 2 is 2.38 bits per heavy atom. The van der Waals surface area contributed by atoms with Gasteiger partial charge in [0.1, 0.15) is 23.1 Å². The molecule has 3 atom stereocenters. The number of hydrogen-bond acceptors (Lipinski definition) is 4. The average Bonchev–Trinajstić information content (AvgIpc) is 3.28. The van der Waals surface area contributed by atoms with Crippen molar-refractivity contribution in [3.8, 4) is 6.07 Å². The van der Waals surface area contributed by atoms with Crippen LogP contribution in [0.4, 0.5) is 0 Å². The number of nitriles is 1. The highest BCUT2D eigenvalue weighted by atomic mass is 16.3. The van der Waals surface area contributed by atoms with Crippen molar-refractivity contribution in [2.75, 3.05) is 0 Å². The van der Waals surface area contributed by atoms with Crippen LogP contribution in [0.1, 0.15) is 57.0 Å². The van der Waals surface area contributed by atoms with E-state index in [0.717, 1.165) is 47.8 Å². The highest BCUT2D eigenvalue weighted by molar-refractivity contribution is 6.01. The van der Waals surface area contributed by atoms with E-state index in [-0.39, 0.29) is 0 Å². The minimum atomic E-state index is -0.621. The first-order valence-corrected chi connectivity index (χ1v) is 8.58. The zero-order chi connectivity index (χ0) is 16.7. The van der Waals surface area contributed by atoms with Crippen molar-refractivity contribution >= 4 is 22.1 Å². The lowest BCUT2D eigenvalue weighted by atomic mass is 10.0. The summed E-state index contributed by atoms with van der Waals surface area (Å²) in [4.78, 5) is 12.2. The quantitative estimate of drug-likeness (QED) is 0.767. The van der Waals surface area contributed by atoms with Crippen LogP contribution in [-0.2, 0) is 0 Å². The number of aliphatic hydroxyl groups is 1. The first-order valence-electron chi connectivity index (χ1n) is 8.58. The lowest BCUT2D eigenvalue weighted by molar-refractivity contribution is 0.181. The van der Waals surface area contributed by atoms with Crippen molar-refractivity contribution in [3.05, 3.63) is 24.3 Å². The molecule has 0 spiro atoms. The Labute approximate surface area is 140 Å². The molecule has 124 valence electrons. The number of aromatic nitrogens is 4. The van der Waals surface area contributed by atoms with Crippen LogP contribution >= 0.6 is 0 Å². The molecule has 1 aliphatic rings. The number of rotatable bonds is 4. The molecule has 1 fully saturated rings. The van der Waals surface area contributed by atoms with Crippen molar-refractivity contribution in [2.24, 2.45) is 5.92 Å². The van der Waals surface area contributed by atoms with E-state index in [2.05, 4.69) is 25.6 Å². The maximum Gasteiger partial charge on any atom is 0.139 e. The Bertz CT molecular complexity index is 917. The second-order valence-corrected chi connectivity index (χ2v) is 6.78. The zero-order valence-electron chi connectivity index (χ0n) is 13.7. The molecule has 3 heterocycles. The average molecular weight is 323 g/mol. The maximum absolute atomic E-state index is 10.2. The fourth-order valence-electron chi connectivity index (χ4n) is 4.09. The Balaban J connectivity index is 1.82. The second-order valence-electron chi connectivity index (χ2n) is 6.78. The summed E-state index contributed by atoms with van der Waals surface area (Å²) < 4.78 is 2.23. The van der Waals surface area contributed by atoms with Crippen molar-refractivity contribution in [2.45, 2.75) is 51.2 Å². The number of imidazole rings is 1. The van der Waals surface area contributed by atoms with Crippen LogP contribution < -0.4 is 0 Å². The fraction of sp³-hybridized carbons (Fsp3) is 0.500. The van der Waals surface area contributed by atoms with Crippen molar-refractivity contribution < 1.29 is 5.11 Å². The van der Waals surface area contributed by atoms with Gasteiger partial charge in [0.25, 0.3) is 0 Å². The number of pyridine rings is 1. The van der Waals surface area contributed by atoms with E-state index < -0.39 is 6.10 Å². The first kappa shape index (κ1) is 15.2. The van der Waals surface area contributed by atoms with E-state index in [9.17, 15) is 5.11 Å². The Morgan fingerprint density at radius 3 is 3.17 bits per heavy atom. The van der Waals surface area contributed by atoms with Gasteiger partial charge in [-0.25, -0.2) is 9.97 Å². The molecule has 6 heteroatoms. The first-order chi connectivity index (χ1) is 11.7. The summed E-state index contributed by atoms with van der Waals surface area (Å²) in [5.74, 6) is 1.30. The van der Waals surface area contributed by atoms with E-state index in [1.54, 1.807) is 13.1 Å². The van der Waals surface area contributed by atoms with Crippen LogP contribution in [-0.4, -0.2) is 24.6 Å². The Morgan fingerprint density at radius 1 is 1.50 bits per heavy atom. The molecule has 2 N–H and O–H groups in total. The zero-order valence-corrected chi connectivity index (χ0v) is 13.7. The van der Waals surface area contributed by atoms with Gasteiger partial charge in [0, 0.05) is 24.0 Å². The van der Waals surface area contributed by atoms with E-state index in [1.165, 1.54) is 0 Å². The van der Waals surface area contributed by atoms with Gasteiger partial charge in [0.15, 0.2) is 0 Å². The van der Waals surface area contributed by atoms with E-state index in [4.69, 9.17) is 5.26 Å². The van der Waals surface area contributed by atoms with Crippen LogP contribution in [0, 0.1) is 17.2 Å². The number of nitrogens with zero attached hydrogens (tertiary/aromatic N) is 4. The van der Waals surface area contributed by atoms with Crippen molar-refractivity contribution in [3.63, 3.8) is 0 Å². The van der Waals surface area contributed by atoms with Gasteiger partial charge in [-0.2, -0.15) is 5.26 Å². The molecule has 4 rings (SSSR count). The summed E-state index contributed by atoms with van der Waals surface area (Å²) in [6, 6.07) is 4.60. The lowest BCUT2D eigenvalue weighted by Crippen LogP contribution is -2.12. The summed E-state index contributed by atoms with van der Waals surface area (Å²) in [6.07, 6.45) is 7.87. The van der Waals surface area contributed by atoms with Gasteiger partial charge in [0.2, 0.25) is 0 Å². The van der Waals surface area contributed by atoms with Crippen LogP contribution in [0.3, 0.4) is 0 Å². The maximum atomic E-state index is 10.2. The normalized spacial score (nSPS) is 22.2. The molecule has 6 nitrogen and oxygen atoms in total. The third-order valence-corrected chi connectivity index (χ3v) is 5.18. The number of aliphatic hydroxyl groups excluding tert-OH is 1. The van der Waals surface area contributed by atoms with E-state index in [1.807, 2.05) is 12.3 Å². The molecule has 0 amide bonds. The van der Waals surface area contributed by atoms with Gasteiger partial charge in [-0.15, -0.1) is 0 Å². The Kier molecular flexibility index (Phi) is 3.73. The number of H-pyrrole nitrogens is 1. The predicted octanol–water partition coefficient (Wildman–Crippen LogP) is 3.61. The molecule has 3 aromatic rings. The fourth-order valence-corrected chi connectivity index (χ4v) is 4.09. The number of fused-ring (bicyclic) bond motifs is 3.